The first-order chi connectivity index (χ1) is 9.36. The summed E-state index contributed by atoms with van der Waals surface area (Å²) in [5.41, 5.74) is 5.16. The monoisotopic (exact) mass is 342 g/mol. The Bertz CT molecular complexity index is 449. The van der Waals surface area contributed by atoms with Gasteiger partial charge < -0.3 is 15.8 Å². The largest absolute Gasteiger partial charge is 0.488 e. The highest BCUT2D eigenvalue weighted by atomic mass is 79.9. The summed E-state index contributed by atoms with van der Waals surface area (Å²) in [7, 11) is 0. The van der Waals surface area contributed by atoms with Crippen LogP contribution in [0, 0.1) is 0 Å². The molecule has 0 aliphatic carbocycles. The summed E-state index contributed by atoms with van der Waals surface area (Å²) in [4.78, 5) is 12.0. The molecule has 20 heavy (non-hydrogen) atoms. The molecule has 0 radical (unpaired) electrons. The maximum absolute atomic E-state index is 12.0. The van der Waals surface area contributed by atoms with E-state index in [0.29, 0.717) is 13.0 Å². The van der Waals surface area contributed by atoms with Gasteiger partial charge in [0.15, 0.2) is 0 Å². The molecule has 1 aromatic rings. The molecule has 0 spiro atoms. The third kappa shape index (κ3) is 5.13. The predicted molar refractivity (Wildman–Crippen MR) is 84.7 cm³/mol. The van der Waals surface area contributed by atoms with Crippen LogP contribution >= 0.6 is 15.9 Å². The van der Waals surface area contributed by atoms with Crippen LogP contribution < -0.4 is 15.8 Å². The second-order valence-electron chi connectivity index (χ2n) is 5.24. The molecule has 0 fully saturated rings. The molecule has 5 heteroatoms. The predicted octanol–water partition coefficient (Wildman–Crippen LogP) is 2.85. The molecular weight excluding hydrogens is 320 g/mol. The van der Waals surface area contributed by atoms with Gasteiger partial charge >= 0.3 is 0 Å². The topological polar surface area (TPSA) is 64.4 Å². The summed E-state index contributed by atoms with van der Waals surface area (Å²) in [6.45, 7) is 6.10. The van der Waals surface area contributed by atoms with Crippen molar-refractivity contribution >= 4 is 21.8 Å². The Morgan fingerprint density at radius 3 is 2.75 bits per heavy atom. The number of halogens is 1. The molecule has 1 rings (SSSR count). The minimum atomic E-state index is -0.818. The number of hydrogen-bond acceptors (Lipinski definition) is 3. The van der Waals surface area contributed by atoms with E-state index in [0.717, 1.165) is 16.6 Å². The first-order valence-corrected chi connectivity index (χ1v) is 7.64. The average Bonchev–Trinajstić information content (AvgIpc) is 2.38. The van der Waals surface area contributed by atoms with Crippen LogP contribution in [0.2, 0.25) is 0 Å². The van der Waals surface area contributed by atoms with Gasteiger partial charge in [-0.3, -0.25) is 4.79 Å². The van der Waals surface area contributed by atoms with E-state index in [1.54, 1.807) is 6.92 Å². The van der Waals surface area contributed by atoms with E-state index < -0.39 is 5.54 Å². The van der Waals surface area contributed by atoms with Crippen LogP contribution in [0.25, 0.3) is 0 Å². The highest BCUT2D eigenvalue weighted by Gasteiger charge is 2.27. The van der Waals surface area contributed by atoms with Gasteiger partial charge in [0, 0.05) is 0 Å². The minimum absolute atomic E-state index is 0.130. The summed E-state index contributed by atoms with van der Waals surface area (Å²) in [5, 5.41) is 2.84. The molecule has 4 nitrogen and oxygen atoms in total. The molecule has 112 valence electrons. The lowest BCUT2D eigenvalue weighted by atomic mass is 9.96. The van der Waals surface area contributed by atoms with Crippen molar-refractivity contribution < 1.29 is 9.53 Å². The van der Waals surface area contributed by atoms with Crippen LogP contribution in [0.3, 0.4) is 0 Å². The van der Waals surface area contributed by atoms with E-state index in [4.69, 9.17) is 10.5 Å². The first-order valence-electron chi connectivity index (χ1n) is 6.85. The van der Waals surface area contributed by atoms with Gasteiger partial charge in [-0.15, -0.1) is 0 Å². The lowest BCUT2D eigenvalue weighted by Gasteiger charge is -2.24. The minimum Gasteiger partial charge on any atom is -0.488 e. The number of nitrogens with one attached hydrogen (secondary N) is 1. The lowest BCUT2D eigenvalue weighted by molar-refractivity contribution is -0.126. The van der Waals surface area contributed by atoms with Crippen molar-refractivity contribution in [1.82, 2.24) is 5.32 Å². The number of hydrogen-bond donors (Lipinski definition) is 2. The van der Waals surface area contributed by atoms with Crippen molar-refractivity contribution in [1.29, 1.82) is 0 Å². The number of amides is 1. The van der Waals surface area contributed by atoms with Gasteiger partial charge in [0.1, 0.15) is 11.9 Å². The third-order valence-corrected chi connectivity index (χ3v) is 3.66. The quantitative estimate of drug-likeness (QED) is 0.800. The summed E-state index contributed by atoms with van der Waals surface area (Å²) >= 11 is 3.42. The second-order valence-corrected chi connectivity index (χ2v) is 6.09. The van der Waals surface area contributed by atoms with Crippen molar-refractivity contribution in [2.24, 2.45) is 5.73 Å². The van der Waals surface area contributed by atoms with E-state index in [1.165, 1.54) is 0 Å². The average molecular weight is 343 g/mol. The lowest BCUT2D eigenvalue weighted by Crippen LogP contribution is -2.53. The van der Waals surface area contributed by atoms with Crippen LogP contribution in [0.1, 0.15) is 33.6 Å². The van der Waals surface area contributed by atoms with Gasteiger partial charge in [-0.2, -0.15) is 0 Å². The highest BCUT2D eigenvalue weighted by Crippen LogP contribution is 2.24. The maximum Gasteiger partial charge on any atom is 0.239 e. The van der Waals surface area contributed by atoms with Gasteiger partial charge in [-0.25, -0.2) is 0 Å². The Balaban J connectivity index is 2.46. The van der Waals surface area contributed by atoms with E-state index in [9.17, 15) is 4.79 Å². The Morgan fingerprint density at radius 1 is 1.50 bits per heavy atom. The smallest absolute Gasteiger partial charge is 0.239 e. The standard InChI is InChI=1S/C15H23BrN2O2/c1-4-9-15(3,17)14(19)18-10-11(2)20-13-8-6-5-7-12(13)16/h5-8,11H,4,9-10,17H2,1-3H3,(H,18,19). The molecule has 1 amide bonds. The van der Waals surface area contributed by atoms with Gasteiger partial charge in [-0.1, -0.05) is 25.5 Å². The molecule has 0 saturated heterocycles. The highest BCUT2D eigenvalue weighted by molar-refractivity contribution is 9.10. The van der Waals surface area contributed by atoms with E-state index in [-0.39, 0.29) is 12.0 Å². The molecule has 2 atom stereocenters. The molecule has 0 bridgehead atoms. The van der Waals surface area contributed by atoms with Crippen molar-refractivity contribution in [3.63, 3.8) is 0 Å². The molecule has 0 aromatic heterocycles. The van der Waals surface area contributed by atoms with Crippen LogP contribution in [0.15, 0.2) is 28.7 Å². The number of carbonyl (C=O) groups excluding carboxylic acids is 1. The Hall–Kier alpha value is -1.07. The number of benzene rings is 1. The van der Waals surface area contributed by atoms with Gasteiger partial charge in [-0.05, 0) is 48.3 Å². The van der Waals surface area contributed by atoms with Crippen LogP contribution in [0.5, 0.6) is 5.75 Å². The molecule has 3 N–H and O–H groups in total. The fourth-order valence-corrected chi connectivity index (χ4v) is 2.25. The number of rotatable bonds is 7. The zero-order valence-electron chi connectivity index (χ0n) is 12.3. The van der Waals surface area contributed by atoms with Gasteiger partial charge in [0.2, 0.25) is 5.91 Å². The normalized spacial score (nSPS) is 15.2. The summed E-state index contributed by atoms with van der Waals surface area (Å²) in [6.07, 6.45) is 1.41. The Morgan fingerprint density at radius 2 is 2.15 bits per heavy atom. The fraction of sp³-hybridized carbons (Fsp3) is 0.533. The molecule has 0 aliphatic heterocycles. The number of para-hydroxylation sites is 1. The van der Waals surface area contributed by atoms with Crippen LogP contribution in [-0.4, -0.2) is 24.1 Å². The van der Waals surface area contributed by atoms with Gasteiger partial charge in [0.05, 0.1) is 16.6 Å². The fourth-order valence-electron chi connectivity index (χ4n) is 1.87. The van der Waals surface area contributed by atoms with Crippen molar-refractivity contribution in [3.8, 4) is 5.75 Å². The van der Waals surface area contributed by atoms with Crippen molar-refractivity contribution in [2.75, 3.05) is 6.54 Å². The van der Waals surface area contributed by atoms with Crippen molar-refractivity contribution in [2.45, 2.75) is 45.3 Å². The SMILES string of the molecule is CCCC(C)(N)C(=O)NCC(C)Oc1ccccc1Br. The number of nitrogens with two attached hydrogens (primary N) is 1. The maximum atomic E-state index is 12.0. The summed E-state index contributed by atoms with van der Waals surface area (Å²) < 4.78 is 6.66. The third-order valence-electron chi connectivity index (χ3n) is 3.00. The molecule has 0 aliphatic rings. The van der Waals surface area contributed by atoms with E-state index in [1.807, 2.05) is 38.1 Å². The van der Waals surface area contributed by atoms with E-state index >= 15 is 0 Å². The molecule has 0 saturated carbocycles. The molecule has 2 unspecified atom stereocenters. The first kappa shape index (κ1) is 17.0. The van der Waals surface area contributed by atoms with Crippen molar-refractivity contribution in [3.05, 3.63) is 28.7 Å². The Labute approximate surface area is 129 Å². The second kappa shape index (κ2) is 7.64. The summed E-state index contributed by atoms with van der Waals surface area (Å²) in [6, 6.07) is 7.63. The van der Waals surface area contributed by atoms with E-state index in [2.05, 4.69) is 21.2 Å². The zero-order chi connectivity index (χ0) is 15.2. The van der Waals surface area contributed by atoms with Crippen LogP contribution in [0.4, 0.5) is 0 Å². The molecule has 1 aromatic carbocycles. The molecular formula is C15H23BrN2O2. The molecule has 0 heterocycles. The van der Waals surface area contributed by atoms with Crippen LogP contribution in [-0.2, 0) is 4.79 Å². The number of ether oxygens (including phenoxy) is 1. The van der Waals surface area contributed by atoms with Gasteiger partial charge in [0.25, 0.3) is 0 Å². The summed E-state index contributed by atoms with van der Waals surface area (Å²) in [5.74, 6) is 0.625. The number of carbonyl (C=O) groups is 1. The Kier molecular flexibility index (Phi) is 6.49. The zero-order valence-corrected chi connectivity index (χ0v) is 13.9.